The zero-order valence-corrected chi connectivity index (χ0v) is 11.9. The minimum absolute atomic E-state index is 0.176. The highest BCUT2D eigenvalue weighted by Crippen LogP contribution is 2.24. The van der Waals surface area contributed by atoms with Gasteiger partial charge in [0.15, 0.2) is 0 Å². The molecule has 0 spiro atoms. The highest BCUT2D eigenvalue weighted by Gasteiger charge is 2.29. The van der Waals surface area contributed by atoms with Gasteiger partial charge in [-0.1, -0.05) is 0 Å². The van der Waals surface area contributed by atoms with E-state index in [4.69, 9.17) is 5.11 Å². The molecule has 1 aromatic rings. The summed E-state index contributed by atoms with van der Waals surface area (Å²) < 4.78 is 1.96. The van der Waals surface area contributed by atoms with Gasteiger partial charge in [-0.15, -0.1) is 0 Å². The molecule has 106 valence electrons. The van der Waals surface area contributed by atoms with E-state index in [1.807, 2.05) is 10.9 Å². The number of aromatic nitrogens is 2. The fourth-order valence-electron chi connectivity index (χ4n) is 2.66. The molecule has 5 heteroatoms. The Balaban J connectivity index is 1.94. The molecule has 1 fully saturated rings. The highest BCUT2D eigenvalue weighted by atomic mass is 16.4. The van der Waals surface area contributed by atoms with Crippen molar-refractivity contribution in [1.82, 2.24) is 14.7 Å². The number of piperidine rings is 1. The molecule has 0 amide bonds. The Morgan fingerprint density at radius 3 is 2.84 bits per heavy atom. The molecule has 1 aliphatic rings. The van der Waals surface area contributed by atoms with Gasteiger partial charge in [0.1, 0.15) is 0 Å². The van der Waals surface area contributed by atoms with Crippen LogP contribution in [0.25, 0.3) is 0 Å². The molecule has 0 aromatic carbocycles. The maximum Gasteiger partial charge on any atom is 0.306 e. The predicted octanol–water partition coefficient (Wildman–Crippen LogP) is 2.15. The maximum absolute atomic E-state index is 11.0. The normalized spacial score (nSPS) is 24.8. The van der Waals surface area contributed by atoms with Crippen molar-refractivity contribution in [1.29, 1.82) is 0 Å². The van der Waals surface area contributed by atoms with Crippen LogP contribution in [0.15, 0.2) is 12.4 Å². The maximum atomic E-state index is 11.0. The van der Waals surface area contributed by atoms with E-state index < -0.39 is 5.97 Å². The highest BCUT2D eigenvalue weighted by molar-refractivity contribution is 5.70. The van der Waals surface area contributed by atoms with E-state index >= 15 is 0 Å². The first-order valence-electron chi connectivity index (χ1n) is 6.97. The van der Waals surface area contributed by atoms with Crippen molar-refractivity contribution >= 4 is 5.97 Å². The van der Waals surface area contributed by atoms with E-state index in [1.54, 1.807) is 0 Å². The van der Waals surface area contributed by atoms with E-state index in [1.165, 1.54) is 5.56 Å². The summed E-state index contributed by atoms with van der Waals surface area (Å²) in [5.74, 6) is -0.830. The van der Waals surface area contributed by atoms with Gasteiger partial charge in [0.2, 0.25) is 0 Å². The number of carbonyl (C=O) groups is 1. The summed E-state index contributed by atoms with van der Waals surface area (Å²) in [5.41, 5.74) is 1.20. The largest absolute Gasteiger partial charge is 0.481 e. The summed E-state index contributed by atoms with van der Waals surface area (Å²) in [7, 11) is 0. The van der Waals surface area contributed by atoms with Gasteiger partial charge >= 0.3 is 5.97 Å². The molecule has 2 atom stereocenters. The first kappa shape index (κ1) is 14.1. The molecule has 0 aliphatic carbocycles. The predicted molar refractivity (Wildman–Crippen MR) is 72.8 cm³/mol. The molecular formula is C14H23N3O2. The molecule has 1 aromatic heterocycles. The smallest absolute Gasteiger partial charge is 0.306 e. The zero-order valence-electron chi connectivity index (χ0n) is 11.9. The van der Waals surface area contributed by atoms with Crippen molar-refractivity contribution in [3.05, 3.63) is 18.0 Å². The monoisotopic (exact) mass is 265 g/mol. The second-order valence-corrected chi connectivity index (χ2v) is 5.80. The zero-order chi connectivity index (χ0) is 14.0. The standard InChI is InChI=1S/C14H23N3O2/c1-10(2)17-9-12(7-15-17)8-16-5-4-13(14(18)19)6-11(16)3/h7,9-11,13H,4-6,8H2,1-3H3,(H,18,19). The Morgan fingerprint density at radius 1 is 1.58 bits per heavy atom. The lowest BCUT2D eigenvalue weighted by Gasteiger charge is -2.35. The van der Waals surface area contributed by atoms with Gasteiger partial charge in [-0.3, -0.25) is 14.4 Å². The van der Waals surface area contributed by atoms with Crippen molar-refractivity contribution in [2.24, 2.45) is 5.92 Å². The molecule has 5 nitrogen and oxygen atoms in total. The number of hydrogen-bond acceptors (Lipinski definition) is 3. The molecular weight excluding hydrogens is 242 g/mol. The van der Waals surface area contributed by atoms with E-state index in [0.29, 0.717) is 12.1 Å². The van der Waals surface area contributed by atoms with Gasteiger partial charge in [0.05, 0.1) is 12.1 Å². The van der Waals surface area contributed by atoms with Crippen molar-refractivity contribution in [2.45, 2.75) is 52.2 Å². The lowest BCUT2D eigenvalue weighted by molar-refractivity contribution is -0.144. The summed E-state index contributed by atoms with van der Waals surface area (Å²) in [6, 6.07) is 0.696. The molecule has 1 N–H and O–H groups in total. The average molecular weight is 265 g/mol. The quantitative estimate of drug-likeness (QED) is 0.906. The Morgan fingerprint density at radius 2 is 2.32 bits per heavy atom. The van der Waals surface area contributed by atoms with Crippen molar-refractivity contribution in [3.8, 4) is 0 Å². The van der Waals surface area contributed by atoms with E-state index in [-0.39, 0.29) is 5.92 Å². The molecule has 2 unspecified atom stereocenters. The van der Waals surface area contributed by atoms with Crippen LogP contribution in [0.3, 0.4) is 0 Å². The Kier molecular flexibility index (Phi) is 4.24. The van der Waals surface area contributed by atoms with Crippen LogP contribution in [0.2, 0.25) is 0 Å². The van der Waals surface area contributed by atoms with Crippen molar-refractivity contribution in [3.63, 3.8) is 0 Å². The van der Waals surface area contributed by atoms with Crippen molar-refractivity contribution in [2.75, 3.05) is 6.54 Å². The Hall–Kier alpha value is -1.36. The minimum Gasteiger partial charge on any atom is -0.481 e. The van der Waals surface area contributed by atoms with E-state index in [0.717, 1.165) is 25.9 Å². The van der Waals surface area contributed by atoms with Gasteiger partial charge in [-0.2, -0.15) is 5.10 Å². The molecule has 0 bridgehead atoms. The first-order chi connectivity index (χ1) is 8.97. The van der Waals surface area contributed by atoms with Gasteiger partial charge in [-0.05, 0) is 40.2 Å². The van der Waals surface area contributed by atoms with Crippen LogP contribution in [-0.4, -0.2) is 38.3 Å². The third kappa shape index (κ3) is 3.35. The lowest BCUT2D eigenvalue weighted by Crippen LogP contribution is -2.42. The summed E-state index contributed by atoms with van der Waals surface area (Å²) in [6.07, 6.45) is 5.49. The van der Waals surface area contributed by atoms with Crippen molar-refractivity contribution < 1.29 is 9.90 Å². The number of hydrogen-bond donors (Lipinski definition) is 1. The van der Waals surface area contributed by atoms with Crippen LogP contribution in [0.4, 0.5) is 0 Å². The topological polar surface area (TPSA) is 58.4 Å². The summed E-state index contributed by atoms with van der Waals surface area (Å²) in [6.45, 7) is 8.04. The second kappa shape index (κ2) is 5.74. The molecule has 2 rings (SSSR count). The van der Waals surface area contributed by atoms with Gasteiger partial charge in [-0.25, -0.2) is 0 Å². The molecule has 0 radical (unpaired) electrons. The molecule has 1 saturated heterocycles. The van der Waals surface area contributed by atoms with Crippen LogP contribution in [0.5, 0.6) is 0 Å². The number of carboxylic acids is 1. The van der Waals surface area contributed by atoms with E-state index in [9.17, 15) is 4.79 Å². The van der Waals surface area contributed by atoms with Crippen LogP contribution in [-0.2, 0) is 11.3 Å². The molecule has 19 heavy (non-hydrogen) atoms. The SMILES string of the molecule is CC1CC(C(=O)O)CCN1Cc1cnn(C(C)C)c1. The third-order valence-electron chi connectivity index (χ3n) is 3.93. The fraction of sp³-hybridized carbons (Fsp3) is 0.714. The van der Waals surface area contributed by atoms with Crippen LogP contribution >= 0.6 is 0 Å². The Labute approximate surface area is 114 Å². The third-order valence-corrected chi connectivity index (χ3v) is 3.93. The number of carboxylic acid groups (broad SMARTS) is 1. The summed E-state index contributed by atoms with van der Waals surface area (Å²) in [5, 5.41) is 13.4. The molecule has 1 aliphatic heterocycles. The summed E-state index contributed by atoms with van der Waals surface area (Å²) >= 11 is 0. The lowest BCUT2D eigenvalue weighted by atomic mass is 9.91. The van der Waals surface area contributed by atoms with Crippen LogP contribution in [0.1, 0.15) is 45.2 Å². The van der Waals surface area contributed by atoms with Gasteiger partial charge in [0.25, 0.3) is 0 Å². The Bertz CT molecular complexity index is 442. The van der Waals surface area contributed by atoms with E-state index in [2.05, 4.69) is 37.0 Å². The second-order valence-electron chi connectivity index (χ2n) is 5.80. The minimum atomic E-state index is -0.654. The molecule has 2 heterocycles. The number of nitrogens with zero attached hydrogens (tertiary/aromatic N) is 3. The van der Waals surface area contributed by atoms with Crippen LogP contribution in [0, 0.1) is 5.92 Å². The summed E-state index contributed by atoms with van der Waals surface area (Å²) in [4.78, 5) is 13.4. The molecule has 0 saturated carbocycles. The van der Waals surface area contributed by atoms with Gasteiger partial charge < -0.3 is 5.11 Å². The van der Waals surface area contributed by atoms with Crippen LogP contribution < -0.4 is 0 Å². The number of likely N-dealkylation sites (tertiary alicyclic amines) is 1. The first-order valence-corrected chi connectivity index (χ1v) is 6.97. The number of rotatable bonds is 4. The van der Waals surface area contributed by atoms with Gasteiger partial charge in [0, 0.05) is 30.4 Å². The fourth-order valence-corrected chi connectivity index (χ4v) is 2.66. The average Bonchev–Trinajstić information content (AvgIpc) is 2.80. The number of aliphatic carboxylic acids is 1.